The number of benzene rings is 2. The van der Waals surface area contributed by atoms with Gasteiger partial charge in [0.25, 0.3) is 0 Å². The number of rotatable bonds is 9. The fourth-order valence-corrected chi connectivity index (χ4v) is 6.03. The van der Waals surface area contributed by atoms with Crippen LogP contribution in [0.25, 0.3) is 0 Å². The Bertz CT molecular complexity index is 957. The maximum absolute atomic E-state index is 13.5. The molecule has 0 atom stereocenters. The van der Waals surface area contributed by atoms with E-state index in [1.54, 1.807) is 0 Å². The Balaban J connectivity index is 1.18. The molecule has 208 valence electrons. The molecule has 38 heavy (non-hydrogen) atoms. The fourth-order valence-electron chi connectivity index (χ4n) is 6.03. The third-order valence-corrected chi connectivity index (χ3v) is 8.48. The van der Waals surface area contributed by atoms with Crippen LogP contribution in [-0.4, -0.2) is 72.0 Å². The highest BCUT2D eigenvalue weighted by atomic mass is 19.1. The van der Waals surface area contributed by atoms with E-state index in [1.165, 1.54) is 24.3 Å². The van der Waals surface area contributed by atoms with Gasteiger partial charge in [-0.05, 0) is 87.8 Å². The lowest BCUT2D eigenvalue weighted by molar-refractivity contribution is -0.132. The molecule has 2 fully saturated rings. The zero-order valence-corrected chi connectivity index (χ0v) is 23.5. The molecule has 2 aromatic carbocycles. The van der Waals surface area contributed by atoms with Crippen molar-refractivity contribution in [3.8, 4) is 0 Å². The molecule has 4 nitrogen and oxygen atoms in total. The third kappa shape index (κ3) is 8.09. The van der Waals surface area contributed by atoms with Crippen LogP contribution in [0.2, 0.25) is 0 Å². The monoisotopic (exact) mass is 525 g/mol. The van der Waals surface area contributed by atoms with Gasteiger partial charge in [-0.15, -0.1) is 0 Å². The maximum atomic E-state index is 13.5. The fraction of sp³-hybridized carbons (Fsp3) is 0.594. The minimum atomic E-state index is -0.260. The van der Waals surface area contributed by atoms with Crippen molar-refractivity contribution in [1.82, 2.24) is 14.7 Å². The van der Waals surface area contributed by atoms with Crippen molar-refractivity contribution in [3.63, 3.8) is 0 Å². The summed E-state index contributed by atoms with van der Waals surface area (Å²) in [6.07, 6.45) is 5.33. The Kier molecular flexibility index (Phi) is 9.94. The number of halogens is 2. The van der Waals surface area contributed by atoms with Gasteiger partial charge in [-0.25, -0.2) is 8.78 Å². The number of piperazine rings is 1. The SMILES string of the molecule is CC(C)(C)N1CCN(CC2CCN(C(=O)CCCCC(c3ccc(F)cc3)c3ccc(F)cc3)CC2)CC1. The molecule has 0 bridgehead atoms. The second kappa shape index (κ2) is 13.2. The van der Waals surface area contributed by atoms with E-state index >= 15 is 0 Å². The van der Waals surface area contributed by atoms with E-state index in [0.29, 0.717) is 12.3 Å². The molecule has 0 aromatic heterocycles. The first-order valence-corrected chi connectivity index (χ1v) is 14.4. The van der Waals surface area contributed by atoms with Gasteiger partial charge in [0, 0.05) is 63.7 Å². The van der Waals surface area contributed by atoms with Gasteiger partial charge in [-0.3, -0.25) is 9.69 Å². The van der Waals surface area contributed by atoms with Crippen molar-refractivity contribution in [2.75, 3.05) is 45.8 Å². The molecule has 1 amide bonds. The van der Waals surface area contributed by atoms with Gasteiger partial charge >= 0.3 is 0 Å². The molecule has 0 N–H and O–H groups in total. The van der Waals surface area contributed by atoms with Crippen LogP contribution in [0, 0.1) is 17.6 Å². The third-order valence-electron chi connectivity index (χ3n) is 8.48. The summed E-state index contributed by atoms with van der Waals surface area (Å²) in [6.45, 7) is 14.4. The first-order chi connectivity index (χ1) is 18.2. The summed E-state index contributed by atoms with van der Waals surface area (Å²) in [6, 6.07) is 13.1. The Labute approximate surface area is 228 Å². The molecule has 2 heterocycles. The lowest BCUT2D eigenvalue weighted by atomic mass is 9.87. The molecular formula is C32H45F2N3O. The highest BCUT2D eigenvalue weighted by Crippen LogP contribution is 2.31. The van der Waals surface area contributed by atoms with Crippen molar-refractivity contribution < 1.29 is 13.6 Å². The highest BCUT2D eigenvalue weighted by Gasteiger charge is 2.28. The molecule has 0 aliphatic carbocycles. The van der Waals surface area contributed by atoms with Gasteiger partial charge in [-0.2, -0.15) is 0 Å². The molecule has 4 rings (SSSR count). The molecule has 2 aliphatic heterocycles. The van der Waals surface area contributed by atoms with Crippen molar-refractivity contribution in [3.05, 3.63) is 71.3 Å². The summed E-state index contributed by atoms with van der Waals surface area (Å²) in [7, 11) is 0. The van der Waals surface area contributed by atoms with Gasteiger partial charge < -0.3 is 9.80 Å². The van der Waals surface area contributed by atoms with Crippen molar-refractivity contribution in [2.45, 2.75) is 70.8 Å². The van der Waals surface area contributed by atoms with E-state index < -0.39 is 0 Å². The molecule has 2 saturated heterocycles. The van der Waals surface area contributed by atoms with Crippen molar-refractivity contribution in [2.24, 2.45) is 5.92 Å². The van der Waals surface area contributed by atoms with Gasteiger partial charge in [0.2, 0.25) is 5.91 Å². The highest BCUT2D eigenvalue weighted by molar-refractivity contribution is 5.76. The van der Waals surface area contributed by atoms with E-state index in [0.717, 1.165) is 89.0 Å². The standard InChI is InChI=1S/C32H45F2N3O/c1-32(2,3)37-22-20-35(21-23-37)24-25-16-18-36(19-17-25)31(38)7-5-4-6-30(26-8-12-28(33)13-9-26)27-10-14-29(34)15-11-27/h8-15,25,30H,4-7,16-24H2,1-3H3. The number of unbranched alkanes of at least 4 members (excludes halogenated alkanes) is 1. The summed E-state index contributed by atoms with van der Waals surface area (Å²) in [5, 5.41) is 0. The van der Waals surface area contributed by atoms with Gasteiger partial charge in [0.15, 0.2) is 0 Å². The average Bonchev–Trinajstić information content (AvgIpc) is 2.90. The molecule has 0 radical (unpaired) electrons. The second-order valence-corrected chi connectivity index (χ2v) is 12.2. The average molecular weight is 526 g/mol. The van der Waals surface area contributed by atoms with Crippen LogP contribution >= 0.6 is 0 Å². The number of likely N-dealkylation sites (tertiary alicyclic amines) is 1. The van der Waals surface area contributed by atoms with Crippen LogP contribution in [0.5, 0.6) is 0 Å². The normalized spacial score (nSPS) is 18.3. The van der Waals surface area contributed by atoms with Gasteiger partial charge in [0.1, 0.15) is 11.6 Å². The second-order valence-electron chi connectivity index (χ2n) is 12.2. The van der Waals surface area contributed by atoms with Gasteiger partial charge in [-0.1, -0.05) is 30.7 Å². The van der Waals surface area contributed by atoms with Crippen LogP contribution in [-0.2, 0) is 4.79 Å². The van der Waals surface area contributed by atoms with E-state index in [2.05, 4.69) is 35.5 Å². The topological polar surface area (TPSA) is 26.8 Å². The molecule has 0 spiro atoms. The lowest BCUT2D eigenvalue weighted by Gasteiger charge is -2.43. The zero-order valence-electron chi connectivity index (χ0n) is 23.5. The predicted octanol–water partition coefficient (Wildman–Crippen LogP) is 6.31. The van der Waals surface area contributed by atoms with Crippen LogP contribution in [0.3, 0.4) is 0 Å². The van der Waals surface area contributed by atoms with Crippen molar-refractivity contribution in [1.29, 1.82) is 0 Å². The number of amides is 1. The summed E-state index contributed by atoms with van der Waals surface area (Å²) in [5.41, 5.74) is 2.29. The molecule has 2 aliphatic rings. The lowest BCUT2D eigenvalue weighted by Crippen LogP contribution is -2.54. The minimum Gasteiger partial charge on any atom is -0.343 e. The molecule has 0 unspecified atom stereocenters. The van der Waals surface area contributed by atoms with Crippen LogP contribution in [0.1, 0.15) is 76.3 Å². The van der Waals surface area contributed by atoms with E-state index in [1.807, 2.05) is 24.3 Å². The zero-order chi connectivity index (χ0) is 27.1. The smallest absolute Gasteiger partial charge is 0.222 e. The summed E-state index contributed by atoms with van der Waals surface area (Å²) < 4.78 is 27.0. The van der Waals surface area contributed by atoms with Crippen LogP contribution in [0.15, 0.2) is 48.5 Å². The van der Waals surface area contributed by atoms with Crippen molar-refractivity contribution >= 4 is 5.91 Å². The minimum absolute atomic E-state index is 0.0623. The van der Waals surface area contributed by atoms with Gasteiger partial charge in [0.05, 0.1) is 0 Å². The van der Waals surface area contributed by atoms with E-state index in [9.17, 15) is 13.6 Å². The number of nitrogens with zero attached hydrogens (tertiary/aromatic N) is 3. The quantitative estimate of drug-likeness (QED) is 0.359. The van der Waals surface area contributed by atoms with E-state index in [-0.39, 0.29) is 29.0 Å². The Morgan fingerprint density at radius 1 is 0.816 bits per heavy atom. The summed E-state index contributed by atoms with van der Waals surface area (Å²) >= 11 is 0. The number of hydrogen-bond donors (Lipinski definition) is 0. The Morgan fingerprint density at radius 3 is 1.84 bits per heavy atom. The summed E-state index contributed by atoms with van der Waals surface area (Å²) in [4.78, 5) is 20.2. The summed E-state index contributed by atoms with van der Waals surface area (Å²) in [5.74, 6) is 0.496. The van der Waals surface area contributed by atoms with Crippen LogP contribution in [0.4, 0.5) is 8.78 Å². The molecule has 6 heteroatoms. The number of carbonyl (C=O) groups excluding carboxylic acids is 1. The van der Waals surface area contributed by atoms with Crippen LogP contribution < -0.4 is 0 Å². The van der Waals surface area contributed by atoms with E-state index in [4.69, 9.17) is 0 Å². The number of carbonyl (C=O) groups is 1. The first-order valence-electron chi connectivity index (χ1n) is 14.4. The maximum Gasteiger partial charge on any atom is 0.222 e. The molecule has 0 saturated carbocycles. The predicted molar refractivity (Wildman–Crippen MR) is 150 cm³/mol. The molecular weight excluding hydrogens is 480 g/mol. The largest absolute Gasteiger partial charge is 0.343 e. The Hall–Kier alpha value is -2.31. The number of hydrogen-bond acceptors (Lipinski definition) is 3. The first kappa shape index (κ1) is 28.7. The Morgan fingerprint density at radius 2 is 1.34 bits per heavy atom. The number of piperidine rings is 1. The molecule has 2 aromatic rings.